The normalized spacial score (nSPS) is 15.1. The monoisotopic (exact) mass is 587 g/mol. The molecule has 1 heterocycles. The van der Waals surface area contributed by atoms with Crippen LogP contribution in [0.25, 0.3) is 6.08 Å². The van der Waals surface area contributed by atoms with Crippen LogP contribution in [0.5, 0.6) is 5.75 Å². The van der Waals surface area contributed by atoms with E-state index in [1.165, 1.54) is 11.8 Å². The standard InChI is InChI=1S/C31H23Cl2N3O3S/c1-20-3-2-4-25(17-20)34-29(37)19-39-27-15-5-21(6-16-27)18-28-30(38)36(26-13-9-23(33)10-14-26)31(40-28)35-24-11-7-22(32)8-12-24/h2-18H,19H2,1H3,(H,34,37)/b28-18-,35-31?. The van der Waals surface area contributed by atoms with E-state index in [1.54, 1.807) is 71.6 Å². The van der Waals surface area contributed by atoms with E-state index in [4.69, 9.17) is 32.9 Å². The number of anilines is 2. The van der Waals surface area contributed by atoms with Gasteiger partial charge in [0.05, 0.1) is 16.3 Å². The van der Waals surface area contributed by atoms with E-state index in [-0.39, 0.29) is 18.4 Å². The fourth-order valence-corrected chi connectivity index (χ4v) is 5.13. The zero-order valence-electron chi connectivity index (χ0n) is 21.3. The van der Waals surface area contributed by atoms with Gasteiger partial charge in [0.15, 0.2) is 11.8 Å². The third kappa shape index (κ3) is 6.93. The van der Waals surface area contributed by atoms with E-state index in [9.17, 15) is 9.59 Å². The summed E-state index contributed by atoms with van der Waals surface area (Å²) in [4.78, 5) is 32.5. The Morgan fingerprint density at radius 1 is 0.950 bits per heavy atom. The molecule has 40 heavy (non-hydrogen) atoms. The van der Waals surface area contributed by atoms with Crippen molar-refractivity contribution >= 4 is 75.1 Å². The van der Waals surface area contributed by atoms with Gasteiger partial charge in [0.2, 0.25) is 0 Å². The first-order valence-electron chi connectivity index (χ1n) is 12.3. The number of amides is 2. The summed E-state index contributed by atoms with van der Waals surface area (Å²) in [6.45, 7) is 1.84. The molecule has 4 aromatic rings. The van der Waals surface area contributed by atoms with Crippen LogP contribution in [-0.2, 0) is 9.59 Å². The highest BCUT2D eigenvalue weighted by atomic mass is 35.5. The van der Waals surface area contributed by atoms with Gasteiger partial charge in [0.25, 0.3) is 11.8 Å². The molecule has 2 amide bonds. The van der Waals surface area contributed by atoms with Gasteiger partial charge in [-0.15, -0.1) is 0 Å². The Hall–Kier alpha value is -4.04. The van der Waals surface area contributed by atoms with Gasteiger partial charge in [0, 0.05) is 15.7 Å². The highest BCUT2D eigenvalue weighted by molar-refractivity contribution is 8.19. The smallest absolute Gasteiger partial charge is 0.271 e. The molecule has 0 radical (unpaired) electrons. The van der Waals surface area contributed by atoms with E-state index >= 15 is 0 Å². The number of carbonyl (C=O) groups is 2. The molecule has 1 N–H and O–H groups in total. The first kappa shape index (κ1) is 27.5. The number of carbonyl (C=O) groups excluding carboxylic acids is 2. The average molecular weight is 589 g/mol. The largest absolute Gasteiger partial charge is 0.484 e. The topological polar surface area (TPSA) is 71.0 Å². The van der Waals surface area contributed by atoms with Gasteiger partial charge >= 0.3 is 0 Å². The minimum absolute atomic E-state index is 0.122. The van der Waals surface area contributed by atoms with Crippen LogP contribution < -0.4 is 15.0 Å². The predicted molar refractivity (Wildman–Crippen MR) is 165 cm³/mol. The van der Waals surface area contributed by atoms with E-state index < -0.39 is 0 Å². The van der Waals surface area contributed by atoms with Crippen LogP contribution in [0, 0.1) is 6.92 Å². The molecule has 1 saturated heterocycles. The van der Waals surface area contributed by atoms with Gasteiger partial charge in [-0.1, -0.05) is 47.5 Å². The third-order valence-electron chi connectivity index (χ3n) is 5.79. The molecule has 9 heteroatoms. The number of aryl methyl sites for hydroxylation is 1. The summed E-state index contributed by atoms with van der Waals surface area (Å²) in [5, 5.41) is 4.51. The van der Waals surface area contributed by atoms with Gasteiger partial charge < -0.3 is 10.1 Å². The zero-order valence-corrected chi connectivity index (χ0v) is 23.6. The van der Waals surface area contributed by atoms with Crippen LogP contribution in [0.4, 0.5) is 17.1 Å². The van der Waals surface area contributed by atoms with Crippen molar-refractivity contribution in [2.45, 2.75) is 6.92 Å². The second-order valence-electron chi connectivity index (χ2n) is 8.87. The van der Waals surface area contributed by atoms with Crippen molar-refractivity contribution in [2.24, 2.45) is 4.99 Å². The van der Waals surface area contributed by atoms with E-state index in [0.29, 0.717) is 37.2 Å². The lowest BCUT2D eigenvalue weighted by Gasteiger charge is -2.15. The number of halogens is 2. The van der Waals surface area contributed by atoms with E-state index in [2.05, 4.69) is 5.32 Å². The Kier molecular flexibility index (Phi) is 8.55. The zero-order chi connectivity index (χ0) is 28.1. The first-order valence-corrected chi connectivity index (χ1v) is 13.8. The predicted octanol–water partition coefficient (Wildman–Crippen LogP) is 8.13. The number of nitrogens with one attached hydrogen (secondary N) is 1. The van der Waals surface area contributed by atoms with Crippen molar-refractivity contribution in [2.75, 3.05) is 16.8 Å². The second-order valence-corrected chi connectivity index (χ2v) is 10.8. The van der Waals surface area contributed by atoms with Gasteiger partial charge in [0.1, 0.15) is 5.75 Å². The van der Waals surface area contributed by atoms with Gasteiger partial charge in [-0.2, -0.15) is 0 Å². The summed E-state index contributed by atoms with van der Waals surface area (Å²) >= 11 is 13.4. The van der Waals surface area contributed by atoms with Crippen LogP contribution in [0.2, 0.25) is 10.0 Å². The maximum Gasteiger partial charge on any atom is 0.271 e. The summed E-state index contributed by atoms with van der Waals surface area (Å²) in [5.74, 6) is 0.0902. The fraction of sp³-hybridized carbons (Fsp3) is 0.0645. The van der Waals surface area contributed by atoms with Crippen molar-refractivity contribution in [1.29, 1.82) is 0 Å². The van der Waals surface area contributed by atoms with Crippen molar-refractivity contribution < 1.29 is 14.3 Å². The van der Waals surface area contributed by atoms with Gasteiger partial charge in [-0.3, -0.25) is 14.5 Å². The number of nitrogens with zero attached hydrogens (tertiary/aromatic N) is 2. The third-order valence-corrected chi connectivity index (χ3v) is 7.26. The molecule has 5 rings (SSSR count). The summed E-state index contributed by atoms with van der Waals surface area (Å²) < 4.78 is 5.64. The van der Waals surface area contributed by atoms with Crippen molar-refractivity contribution in [3.63, 3.8) is 0 Å². The molecule has 0 unspecified atom stereocenters. The average Bonchev–Trinajstić information content (AvgIpc) is 3.24. The number of rotatable bonds is 7. The van der Waals surface area contributed by atoms with Crippen molar-refractivity contribution in [3.8, 4) is 5.75 Å². The van der Waals surface area contributed by atoms with Crippen molar-refractivity contribution in [3.05, 3.63) is 123 Å². The molecule has 1 aliphatic rings. The Balaban J connectivity index is 1.31. The summed E-state index contributed by atoms with van der Waals surface area (Å²) in [6.07, 6.45) is 1.80. The molecule has 1 aliphatic heterocycles. The lowest BCUT2D eigenvalue weighted by Crippen LogP contribution is -2.28. The molecule has 4 aromatic carbocycles. The Bertz CT molecular complexity index is 1600. The number of aliphatic imine (C=N–C) groups is 1. The summed E-state index contributed by atoms with van der Waals surface area (Å²) in [6, 6.07) is 28.9. The van der Waals surface area contributed by atoms with Crippen LogP contribution in [0.3, 0.4) is 0 Å². The second kappa shape index (κ2) is 12.4. The minimum Gasteiger partial charge on any atom is -0.484 e. The maximum atomic E-state index is 13.5. The Labute approximate surface area is 246 Å². The molecule has 0 spiro atoms. The van der Waals surface area contributed by atoms with Crippen molar-refractivity contribution in [1.82, 2.24) is 0 Å². The van der Waals surface area contributed by atoms with Gasteiger partial charge in [-0.05, 0) is 109 Å². The van der Waals surface area contributed by atoms with Crippen LogP contribution in [0.1, 0.15) is 11.1 Å². The highest BCUT2D eigenvalue weighted by Crippen LogP contribution is 2.38. The molecule has 6 nitrogen and oxygen atoms in total. The highest BCUT2D eigenvalue weighted by Gasteiger charge is 2.34. The summed E-state index contributed by atoms with van der Waals surface area (Å²) in [5.41, 5.74) is 3.91. The lowest BCUT2D eigenvalue weighted by atomic mass is 10.2. The van der Waals surface area contributed by atoms with E-state index in [0.717, 1.165) is 16.8 Å². The van der Waals surface area contributed by atoms with Crippen LogP contribution in [0.15, 0.2) is 107 Å². The Morgan fingerprint density at radius 3 is 2.30 bits per heavy atom. The number of hydrogen-bond acceptors (Lipinski definition) is 5. The molecule has 0 saturated carbocycles. The molecule has 1 fully saturated rings. The van der Waals surface area contributed by atoms with E-state index in [1.807, 2.05) is 43.3 Å². The van der Waals surface area contributed by atoms with Gasteiger partial charge in [-0.25, -0.2) is 4.99 Å². The minimum atomic E-state index is -0.250. The summed E-state index contributed by atoms with van der Waals surface area (Å²) in [7, 11) is 0. The number of hydrogen-bond donors (Lipinski definition) is 1. The number of amidine groups is 1. The molecule has 0 bridgehead atoms. The molecule has 0 atom stereocenters. The molecule has 200 valence electrons. The SMILES string of the molecule is Cc1cccc(NC(=O)COc2ccc(/C=C3\SC(=Nc4ccc(Cl)cc4)N(c4ccc(Cl)cc4)C3=O)cc2)c1. The molecular formula is C31H23Cl2N3O3S. The fourth-order valence-electron chi connectivity index (χ4n) is 3.87. The number of ether oxygens (including phenoxy) is 1. The maximum absolute atomic E-state index is 13.5. The number of benzene rings is 4. The van der Waals surface area contributed by atoms with Crippen LogP contribution >= 0.6 is 35.0 Å². The molecular weight excluding hydrogens is 565 g/mol. The molecule has 0 aromatic heterocycles. The number of thioether (sulfide) groups is 1. The first-order chi connectivity index (χ1) is 19.3. The lowest BCUT2D eigenvalue weighted by molar-refractivity contribution is -0.118. The molecule has 0 aliphatic carbocycles. The van der Waals surface area contributed by atoms with Crippen LogP contribution in [-0.4, -0.2) is 23.6 Å². The quantitative estimate of drug-likeness (QED) is 0.221. The Morgan fingerprint density at radius 2 is 1.62 bits per heavy atom.